The van der Waals surface area contributed by atoms with Gasteiger partial charge in [-0.25, -0.2) is 4.98 Å². The molecule has 0 amide bonds. The molecule has 4 rings (SSSR count). The van der Waals surface area contributed by atoms with Gasteiger partial charge in [-0.15, -0.1) is 11.3 Å². The van der Waals surface area contributed by atoms with Gasteiger partial charge in [0, 0.05) is 14.9 Å². The first kappa shape index (κ1) is 20.6. The Morgan fingerprint density at radius 2 is 1.77 bits per heavy atom. The second-order valence-electron chi connectivity index (χ2n) is 6.71. The van der Waals surface area contributed by atoms with Crippen molar-refractivity contribution in [2.75, 3.05) is 13.7 Å². The molecular weight excluding hydrogens is 464 g/mol. The molecule has 0 unspecified atom stereocenters. The molecule has 0 atom stereocenters. The molecule has 2 heterocycles. The van der Waals surface area contributed by atoms with Crippen molar-refractivity contribution >= 4 is 37.5 Å². The minimum absolute atomic E-state index is 0.0350. The number of halogens is 1. The summed E-state index contributed by atoms with van der Waals surface area (Å²) in [7, 11) is 1.63. The van der Waals surface area contributed by atoms with Crippen LogP contribution in [0, 0.1) is 0 Å². The van der Waals surface area contributed by atoms with Crippen molar-refractivity contribution in [3.63, 3.8) is 0 Å². The molecule has 2 aromatic heterocycles. The lowest BCUT2D eigenvalue weighted by atomic mass is 10.0. The van der Waals surface area contributed by atoms with Gasteiger partial charge in [0.2, 0.25) is 0 Å². The van der Waals surface area contributed by atoms with Gasteiger partial charge >= 0.3 is 0 Å². The topological polar surface area (TPSA) is 53.4 Å². The zero-order chi connectivity index (χ0) is 21.1. The van der Waals surface area contributed by atoms with Gasteiger partial charge in [-0.1, -0.05) is 35.0 Å². The summed E-state index contributed by atoms with van der Waals surface area (Å²) in [6.45, 7) is 2.90. The molecule has 5 nitrogen and oxygen atoms in total. The molecule has 0 aliphatic rings. The Hall–Kier alpha value is -2.64. The van der Waals surface area contributed by atoms with E-state index < -0.39 is 0 Å². The number of aryl methyl sites for hydroxylation is 1. The summed E-state index contributed by atoms with van der Waals surface area (Å²) in [4.78, 5) is 19.8. The van der Waals surface area contributed by atoms with Crippen LogP contribution < -0.4 is 15.0 Å². The van der Waals surface area contributed by atoms with Crippen LogP contribution in [-0.2, 0) is 13.0 Å². The molecule has 0 saturated carbocycles. The highest BCUT2D eigenvalue weighted by Gasteiger charge is 2.18. The molecule has 7 heteroatoms. The minimum Gasteiger partial charge on any atom is -0.497 e. The molecule has 0 bridgehead atoms. The predicted molar refractivity (Wildman–Crippen MR) is 125 cm³/mol. The third kappa shape index (κ3) is 4.13. The number of hydrogen-bond acceptors (Lipinski definition) is 5. The van der Waals surface area contributed by atoms with Crippen LogP contribution in [0.1, 0.15) is 11.8 Å². The monoisotopic (exact) mass is 484 g/mol. The normalized spacial score (nSPS) is 11.0. The largest absolute Gasteiger partial charge is 0.497 e. The van der Waals surface area contributed by atoms with Gasteiger partial charge in [0.25, 0.3) is 5.56 Å². The lowest BCUT2D eigenvalue weighted by Gasteiger charge is -2.09. The van der Waals surface area contributed by atoms with E-state index in [2.05, 4.69) is 27.8 Å². The van der Waals surface area contributed by atoms with Crippen LogP contribution in [0.5, 0.6) is 11.5 Å². The predicted octanol–water partition coefficient (Wildman–Crippen LogP) is 5.54. The first-order chi connectivity index (χ1) is 14.6. The van der Waals surface area contributed by atoms with Crippen molar-refractivity contribution < 1.29 is 9.47 Å². The Kier molecular flexibility index (Phi) is 6.20. The van der Waals surface area contributed by atoms with Gasteiger partial charge in [-0.05, 0) is 48.4 Å². The summed E-state index contributed by atoms with van der Waals surface area (Å²) in [6, 6.07) is 15.4. The Labute approximate surface area is 187 Å². The highest BCUT2D eigenvalue weighted by Crippen LogP contribution is 2.36. The fourth-order valence-electron chi connectivity index (χ4n) is 3.34. The molecule has 154 valence electrons. The number of hydrogen-bond donors (Lipinski definition) is 0. The third-order valence-corrected chi connectivity index (χ3v) is 6.64. The van der Waals surface area contributed by atoms with Gasteiger partial charge in [0.1, 0.15) is 22.9 Å². The second-order valence-corrected chi connectivity index (χ2v) is 8.71. The van der Waals surface area contributed by atoms with E-state index in [-0.39, 0.29) is 5.56 Å². The second kappa shape index (κ2) is 9.02. The summed E-state index contributed by atoms with van der Waals surface area (Å²) in [5, 5.41) is 0.686. The maximum Gasteiger partial charge on any atom is 0.262 e. The van der Waals surface area contributed by atoms with E-state index in [0.717, 1.165) is 38.3 Å². The molecule has 4 aromatic rings. The van der Waals surface area contributed by atoms with E-state index in [0.29, 0.717) is 18.5 Å². The lowest BCUT2D eigenvalue weighted by Crippen LogP contribution is -2.23. The molecule has 0 aliphatic carbocycles. The van der Waals surface area contributed by atoms with Gasteiger partial charge in [0.15, 0.2) is 0 Å². The van der Waals surface area contributed by atoms with Crippen LogP contribution in [0.25, 0.3) is 21.3 Å². The lowest BCUT2D eigenvalue weighted by molar-refractivity contribution is 0.295. The van der Waals surface area contributed by atoms with Crippen molar-refractivity contribution in [1.29, 1.82) is 0 Å². The van der Waals surface area contributed by atoms with Crippen molar-refractivity contribution in [3.05, 3.63) is 74.6 Å². The molecule has 0 saturated heterocycles. The number of aromatic nitrogens is 2. The molecular formula is C23H21BrN2O3S. The minimum atomic E-state index is -0.0350. The van der Waals surface area contributed by atoms with Crippen LogP contribution in [0.2, 0.25) is 0 Å². The number of thiophene rings is 1. The Balaban J connectivity index is 1.63. The van der Waals surface area contributed by atoms with Crippen LogP contribution in [0.4, 0.5) is 0 Å². The fourth-order valence-corrected chi connectivity index (χ4v) is 4.69. The highest BCUT2D eigenvalue weighted by atomic mass is 79.9. The van der Waals surface area contributed by atoms with Gasteiger partial charge < -0.3 is 9.47 Å². The number of fused-ring (bicyclic) bond motifs is 1. The molecule has 30 heavy (non-hydrogen) atoms. The van der Waals surface area contributed by atoms with Gasteiger partial charge in [-0.2, -0.15) is 0 Å². The van der Waals surface area contributed by atoms with Crippen molar-refractivity contribution in [3.8, 4) is 22.6 Å². The van der Waals surface area contributed by atoms with Crippen molar-refractivity contribution in [2.45, 2.75) is 19.9 Å². The highest BCUT2D eigenvalue weighted by molar-refractivity contribution is 9.10. The molecule has 0 radical (unpaired) electrons. The zero-order valence-corrected chi connectivity index (χ0v) is 19.1. The first-order valence-corrected chi connectivity index (χ1v) is 11.2. The molecule has 0 spiro atoms. The summed E-state index contributed by atoms with van der Waals surface area (Å²) in [5.74, 6) is 1.51. The Morgan fingerprint density at radius 3 is 2.43 bits per heavy atom. The number of ether oxygens (including phenoxy) is 2. The molecule has 2 aromatic carbocycles. The summed E-state index contributed by atoms with van der Waals surface area (Å²) < 4.78 is 13.6. The van der Waals surface area contributed by atoms with E-state index >= 15 is 0 Å². The van der Waals surface area contributed by atoms with Crippen molar-refractivity contribution in [1.82, 2.24) is 9.55 Å². The number of methoxy groups -OCH3 is 1. The molecule has 0 aliphatic heterocycles. The quantitative estimate of drug-likeness (QED) is 0.345. The average Bonchev–Trinajstić information content (AvgIpc) is 3.16. The summed E-state index contributed by atoms with van der Waals surface area (Å²) in [6.07, 6.45) is 2.47. The number of nitrogens with zero attached hydrogens (tertiary/aromatic N) is 2. The number of benzene rings is 2. The van der Waals surface area contributed by atoms with Crippen LogP contribution in [-0.4, -0.2) is 23.3 Å². The van der Waals surface area contributed by atoms with Crippen molar-refractivity contribution in [2.24, 2.45) is 0 Å². The average molecular weight is 485 g/mol. The molecule has 0 N–H and O–H groups in total. The maximum absolute atomic E-state index is 13.3. The third-order valence-electron chi connectivity index (χ3n) is 4.87. The van der Waals surface area contributed by atoms with Gasteiger partial charge in [0.05, 0.1) is 25.4 Å². The van der Waals surface area contributed by atoms with E-state index in [4.69, 9.17) is 9.47 Å². The Bertz CT molecular complexity index is 1210. The van der Waals surface area contributed by atoms with Gasteiger partial charge in [-0.3, -0.25) is 9.36 Å². The fraction of sp³-hybridized carbons (Fsp3) is 0.217. The number of rotatable bonds is 7. The smallest absolute Gasteiger partial charge is 0.262 e. The Morgan fingerprint density at radius 1 is 1.07 bits per heavy atom. The zero-order valence-electron chi connectivity index (χ0n) is 16.7. The van der Waals surface area contributed by atoms with Crippen LogP contribution in [0.3, 0.4) is 0 Å². The van der Waals surface area contributed by atoms with E-state index in [1.807, 2.05) is 48.5 Å². The van der Waals surface area contributed by atoms with E-state index in [9.17, 15) is 4.79 Å². The van der Waals surface area contributed by atoms with E-state index in [1.54, 1.807) is 29.3 Å². The first-order valence-electron chi connectivity index (χ1n) is 9.64. The maximum atomic E-state index is 13.3. The standard InChI is InChI=1S/C23H21BrN2O3S/c1-3-19-20(15-4-6-16(24)7-5-15)21-22(30-19)25-14-26(23(21)27)12-13-29-18-10-8-17(28-2)9-11-18/h4-11,14H,3,12-13H2,1-2H3. The summed E-state index contributed by atoms with van der Waals surface area (Å²) in [5.41, 5.74) is 1.99. The summed E-state index contributed by atoms with van der Waals surface area (Å²) >= 11 is 5.07. The van der Waals surface area contributed by atoms with Crippen LogP contribution >= 0.6 is 27.3 Å². The van der Waals surface area contributed by atoms with Crippen LogP contribution in [0.15, 0.2) is 64.1 Å². The molecule has 0 fully saturated rings. The SMILES string of the molecule is CCc1sc2ncn(CCOc3ccc(OC)cc3)c(=O)c2c1-c1ccc(Br)cc1. The van der Waals surface area contributed by atoms with E-state index in [1.165, 1.54) is 4.88 Å².